The molecule has 146 valence electrons. The van der Waals surface area contributed by atoms with Crippen LogP contribution in [-0.2, 0) is 9.47 Å². The quantitative estimate of drug-likeness (QED) is 0.422. The second-order valence-corrected chi connectivity index (χ2v) is 6.98. The molecule has 0 saturated carbocycles. The van der Waals surface area contributed by atoms with E-state index in [1.165, 1.54) is 24.3 Å². The van der Waals surface area contributed by atoms with E-state index in [0.717, 1.165) is 0 Å². The van der Waals surface area contributed by atoms with Gasteiger partial charge in [0.05, 0.1) is 37.6 Å². The molecule has 0 fully saturated rings. The number of esters is 2. The molecule has 4 N–H and O–H groups in total. The minimum absolute atomic E-state index is 0.149. The van der Waals surface area contributed by atoms with Gasteiger partial charge in [0.15, 0.2) is 0 Å². The molecule has 0 aliphatic carbocycles. The van der Waals surface area contributed by atoms with Gasteiger partial charge in [-0.2, -0.15) is 0 Å². The number of aliphatic hydroxyl groups is 4. The number of aliphatic hydroxyl groups excluding tert-OH is 4. The SMILES string of the molecule is CC(CO)(CO)COC(=O)c1ccc(C(=O)OCC(C)(CO)CO)cc1. The summed E-state index contributed by atoms with van der Waals surface area (Å²) < 4.78 is 10.1. The summed E-state index contributed by atoms with van der Waals surface area (Å²) in [6.07, 6.45) is 0. The zero-order valence-electron chi connectivity index (χ0n) is 15.0. The van der Waals surface area contributed by atoms with Crippen LogP contribution in [0.15, 0.2) is 24.3 Å². The topological polar surface area (TPSA) is 134 Å². The van der Waals surface area contributed by atoms with Gasteiger partial charge in [0.25, 0.3) is 0 Å². The van der Waals surface area contributed by atoms with Crippen LogP contribution < -0.4 is 0 Å². The number of rotatable bonds is 10. The monoisotopic (exact) mass is 370 g/mol. The fourth-order valence-corrected chi connectivity index (χ4v) is 1.67. The Morgan fingerprint density at radius 2 is 1.00 bits per heavy atom. The minimum Gasteiger partial charge on any atom is -0.461 e. The van der Waals surface area contributed by atoms with Crippen molar-refractivity contribution in [3.8, 4) is 0 Å². The first kappa shape index (κ1) is 22.0. The van der Waals surface area contributed by atoms with Crippen LogP contribution in [0.5, 0.6) is 0 Å². The Morgan fingerprint density at radius 1 is 0.731 bits per heavy atom. The highest BCUT2D eigenvalue weighted by Gasteiger charge is 2.26. The van der Waals surface area contributed by atoms with Crippen molar-refractivity contribution >= 4 is 11.9 Å². The highest BCUT2D eigenvalue weighted by molar-refractivity contribution is 5.93. The van der Waals surface area contributed by atoms with Crippen LogP contribution >= 0.6 is 0 Å². The molecule has 8 nitrogen and oxygen atoms in total. The predicted molar refractivity (Wildman–Crippen MR) is 91.6 cm³/mol. The molecule has 0 atom stereocenters. The molecule has 0 radical (unpaired) electrons. The van der Waals surface area contributed by atoms with Crippen molar-refractivity contribution in [3.63, 3.8) is 0 Å². The van der Waals surface area contributed by atoms with Crippen LogP contribution in [0.4, 0.5) is 0 Å². The van der Waals surface area contributed by atoms with Crippen molar-refractivity contribution < 1.29 is 39.5 Å². The van der Waals surface area contributed by atoms with Crippen molar-refractivity contribution in [2.45, 2.75) is 13.8 Å². The van der Waals surface area contributed by atoms with E-state index >= 15 is 0 Å². The molecule has 0 aromatic heterocycles. The molecule has 1 aromatic rings. The maximum absolute atomic E-state index is 12.0. The van der Waals surface area contributed by atoms with Crippen molar-refractivity contribution in [2.24, 2.45) is 10.8 Å². The Balaban J connectivity index is 2.65. The van der Waals surface area contributed by atoms with E-state index in [4.69, 9.17) is 9.47 Å². The Kier molecular flexibility index (Phi) is 8.16. The summed E-state index contributed by atoms with van der Waals surface area (Å²) in [5, 5.41) is 36.7. The summed E-state index contributed by atoms with van der Waals surface area (Å²) in [7, 11) is 0. The van der Waals surface area contributed by atoms with Crippen LogP contribution in [0, 0.1) is 10.8 Å². The fraction of sp³-hybridized carbons (Fsp3) is 0.556. The molecule has 0 amide bonds. The summed E-state index contributed by atoms with van der Waals surface area (Å²) in [5.74, 6) is -1.29. The second-order valence-electron chi connectivity index (χ2n) is 6.98. The Morgan fingerprint density at radius 3 is 1.23 bits per heavy atom. The number of ether oxygens (including phenoxy) is 2. The van der Waals surface area contributed by atoms with Gasteiger partial charge < -0.3 is 29.9 Å². The van der Waals surface area contributed by atoms with Gasteiger partial charge in [-0.3, -0.25) is 0 Å². The summed E-state index contributed by atoms with van der Waals surface area (Å²) in [5.41, 5.74) is -1.44. The van der Waals surface area contributed by atoms with Crippen molar-refractivity contribution in [1.82, 2.24) is 0 Å². The maximum Gasteiger partial charge on any atom is 0.338 e. The van der Waals surface area contributed by atoms with Crippen LogP contribution in [0.2, 0.25) is 0 Å². The summed E-state index contributed by atoms with van der Waals surface area (Å²) in [6, 6.07) is 5.58. The van der Waals surface area contributed by atoms with Gasteiger partial charge in [-0.1, -0.05) is 13.8 Å². The smallest absolute Gasteiger partial charge is 0.338 e. The second kappa shape index (κ2) is 9.63. The molecule has 1 aromatic carbocycles. The van der Waals surface area contributed by atoms with E-state index in [9.17, 15) is 30.0 Å². The number of carbonyl (C=O) groups is 2. The highest BCUT2D eigenvalue weighted by atomic mass is 16.5. The third kappa shape index (κ3) is 6.06. The van der Waals surface area contributed by atoms with Gasteiger partial charge in [-0.25, -0.2) is 9.59 Å². The van der Waals surface area contributed by atoms with E-state index in [0.29, 0.717) is 0 Å². The average molecular weight is 370 g/mol. The number of hydrogen-bond donors (Lipinski definition) is 4. The lowest BCUT2D eigenvalue weighted by atomic mass is 9.94. The van der Waals surface area contributed by atoms with Crippen LogP contribution in [-0.4, -0.2) is 72.0 Å². The summed E-state index contributed by atoms with van der Waals surface area (Å²) in [4.78, 5) is 24.0. The van der Waals surface area contributed by atoms with Crippen molar-refractivity contribution in [2.75, 3.05) is 39.6 Å². The standard InChI is InChI=1S/C18H26O8/c1-17(7-19,8-20)11-25-15(23)13-3-5-14(6-4-13)16(24)26-12-18(2,9-21)10-22/h3-6,19-22H,7-12H2,1-2H3. The fourth-order valence-electron chi connectivity index (χ4n) is 1.67. The van der Waals surface area contributed by atoms with Crippen LogP contribution in [0.25, 0.3) is 0 Å². The molecule has 0 spiro atoms. The predicted octanol–water partition coefficient (Wildman–Crippen LogP) is -0.0180. The Hall–Kier alpha value is -2.00. The lowest BCUT2D eigenvalue weighted by Crippen LogP contribution is -2.33. The van der Waals surface area contributed by atoms with Crippen LogP contribution in [0.3, 0.4) is 0 Å². The first-order valence-corrected chi connectivity index (χ1v) is 8.10. The molecule has 0 unspecified atom stereocenters. The van der Waals surface area contributed by atoms with Gasteiger partial charge in [0.1, 0.15) is 13.2 Å². The van der Waals surface area contributed by atoms with Gasteiger partial charge in [-0.15, -0.1) is 0 Å². The normalized spacial score (nSPS) is 11.9. The molecule has 1 rings (SSSR count). The number of benzene rings is 1. The molecule has 26 heavy (non-hydrogen) atoms. The van der Waals surface area contributed by atoms with Crippen LogP contribution in [0.1, 0.15) is 34.6 Å². The highest BCUT2D eigenvalue weighted by Crippen LogP contribution is 2.17. The Labute approximate surface area is 152 Å². The molecular weight excluding hydrogens is 344 g/mol. The third-order valence-corrected chi connectivity index (χ3v) is 3.99. The third-order valence-electron chi connectivity index (χ3n) is 3.99. The molecule has 0 heterocycles. The lowest BCUT2D eigenvalue weighted by molar-refractivity contribution is -0.00726. The average Bonchev–Trinajstić information content (AvgIpc) is 2.69. The van der Waals surface area contributed by atoms with E-state index in [1.54, 1.807) is 13.8 Å². The van der Waals surface area contributed by atoms with Crippen molar-refractivity contribution in [1.29, 1.82) is 0 Å². The van der Waals surface area contributed by atoms with Gasteiger partial charge >= 0.3 is 11.9 Å². The number of carbonyl (C=O) groups excluding carboxylic acids is 2. The minimum atomic E-state index is -0.925. The van der Waals surface area contributed by atoms with Gasteiger partial charge in [0, 0.05) is 10.8 Å². The van der Waals surface area contributed by atoms with Crippen molar-refractivity contribution in [3.05, 3.63) is 35.4 Å². The molecule has 8 heteroatoms. The van der Waals surface area contributed by atoms with Gasteiger partial charge in [0.2, 0.25) is 0 Å². The van der Waals surface area contributed by atoms with E-state index in [1.807, 2.05) is 0 Å². The largest absolute Gasteiger partial charge is 0.461 e. The first-order valence-electron chi connectivity index (χ1n) is 8.10. The zero-order chi connectivity index (χ0) is 19.8. The molecule has 0 saturated heterocycles. The molecule has 0 aliphatic rings. The number of hydrogen-bond acceptors (Lipinski definition) is 8. The summed E-state index contributed by atoms with van der Waals surface area (Å²) >= 11 is 0. The van der Waals surface area contributed by atoms with E-state index < -0.39 is 22.8 Å². The summed E-state index contributed by atoms with van der Waals surface area (Å²) in [6.45, 7) is 1.53. The molecular formula is C18H26O8. The van der Waals surface area contributed by atoms with Gasteiger partial charge in [-0.05, 0) is 24.3 Å². The molecule has 0 bridgehead atoms. The molecule has 0 aliphatic heterocycles. The first-order chi connectivity index (χ1) is 12.2. The lowest BCUT2D eigenvalue weighted by Gasteiger charge is -2.24. The zero-order valence-corrected chi connectivity index (χ0v) is 15.0. The Bertz CT molecular complexity index is 535. The van der Waals surface area contributed by atoms with E-state index in [-0.39, 0.29) is 50.8 Å². The van der Waals surface area contributed by atoms with E-state index in [2.05, 4.69) is 0 Å². The maximum atomic E-state index is 12.0.